The third kappa shape index (κ3) is 3.44. The van der Waals surface area contributed by atoms with Gasteiger partial charge in [0, 0.05) is 42.8 Å². The first-order valence-electron chi connectivity index (χ1n) is 6.59. The smallest absolute Gasteiger partial charge is 0.127 e. The molecule has 1 N–H and O–H groups in total. The van der Waals surface area contributed by atoms with E-state index in [4.69, 9.17) is 11.6 Å². The molecule has 0 spiro atoms. The first kappa shape index (κ1) is 13.8. The third-order valence-electron chi connectivity index (χ3n) is 3.48. The zero-order valence-corrected chi connectivity index (χ0v) is 11.5. The van der Waals surface area contributed by atoms with Crippen LogP contribution in [0.5, 0.6) is 0 Å². The molecule has 1 aliphatic heterocycles. The van der Waals surface area contributed by atoms with Crippen molar-refractivity contribution in [3.05, 3.63) is 34.6 Å². The molecule has 1 aromatic rings. The second-order valence-corrected chi connectivity index (χ2v) is 5.29. The normalized spacial score (nSPS) is 21.2. The maximum atomic E-state index is 13.7. The predicted molar refractivity (Wildman–Crippen MR) is 73.4 cm³/mol. The van der Waals surface area contributed by atoms with Crippen molar-refractivity contribution < 1.29 is 4.39 Å². The van der Waals surface area contributed by atoms with Gasteiger partial charge in [0.15, 0.2) is 0 Å². The van der Waals surface area contributed by atoms with Gasteiger partial charge < -0.3 is 5.32 Å². The molecule has 2 nitrogen and oxygen atoms in total. The SMILES string of the molecule is CCCC1CNCCN1Cc1cc(Cl)ccc1F. The van der Waals surface area contributed by atoms with E-state index in [9.17, 15) is 4.39 Å². The second-order valence-electron chi connectivity index (χ2n) is 4.85. The molecule has 0 amide bonds. The largest absolute Gasteiger partial charge is 0.314 e. The van der Waals surface area contributed by atoms with Crippen LogP contribution in [0.1, 0.15) is 25.3 Å². The van der Waals surface area contributed by atoms with Crippen LogP contribution in [0.2, 0.25) is 5.02 Å². The fraction of sp³-hybridized carbons (Fsp3) is 0.571. The molecular weight excluding hydrogens is 251 g/mol. The zero-order valence-electron chi connectivity index (χ0n) is 10.8. The molecule has 1 heterocycles. The molecule has 1 fully saturated rings. The lowest BCUT2D eigenvalue weighted by Crippen LogP contribution is -2.50. The number of rotatable bonds is 4. The standard InChI is InChI=1S/C14H20ClFN2/c1-2-3-13-9-17-6-7-18(13)10-11-8-12(15)4-5-14(11)16/h4-5,8,13,17H,2-3,6-7,9-10H2,1H3. The molecule has 0 saturated carbocycles. The van der Waals surface area contributed by atoms with Gasteiger partial charge in [0.25, 0.3) is 0 Å². The third-order valence-corrected chi connectivity index (χ3v) is 3.71. The van der Waals surface area contributed by atoms with Crippen LogP contribution in [-0.4, -0.2) is 30.6 Å². The van der Waals surface area contributed by atoms with Crippen LogP contribution in [0.15, 0.2) is 18.2 Å². The molecule has 0 aliphatic carbocycles. The molecule has 4 heteroatoms. The summed E-state index contributed by atoms with van der Waals surface area (Å²) in [6, 6.07) is 5.29. The Balaban J connectivity index is 2.08. The van der Waals surface area contributed by atoms with E-state index in [0.717, 1.165) is 32.5 Å². The molecular formula is C14H20ClFN2. The monoisotopic (exact) mass is 270 g/mol. The van der Waals surface area contributed by atoms with E-state index in [2.05, 4.69) is 17.1 Å². The van der Waals surface area contributed by atoms with Crippen LogP contribution in [0, 0.1) is 5.82 Å². The molecule has 1 saturated heterocycles. The number of hydrogen-bond donors (Lipinski definition) is 1. The summed E-state index contributed by atoms with van der Waals surface area (Å²) >= 11 is 5.93. The van der Waals surface area contributed by atoms with E-state index in [0.29, 0.717) is 23.2 Å². The Labute approximate surface area is 113 Å². The average molecular weight is 271 g/mol. The Morgan fingerprint density at radius 2 is 2.33 bits per heavy atom. The van der Waals surface area contributed by atoms with Crippen molar-refractivity contribution in [1.82, 2.24) is 10.2 Å². The molecule has 1 aliphatic rings. The van der Waals surface area contributed by atoms with E-state index >= 15 is 0 Å². The van der Waals surface area contributed by atoms with Crippen LogP contribution in [-0.2, 0) is 6.54 Å². The lowest BCUT2D eigenvalue weighted by molar-refractivity contribution is 0.143. The van der Waals surface area contributed by atoms with E-state index < -0.39 is 0 Å². The first-order valence-corrected chi connectivity index (χ1v) is 6.97. The van der Waals surface area contributed by atoms with Crippen LogP contribution < -0.4 is 5.32 Å². The maximum Gasteiger partial charge on any atom is 0.127 e. The minimum Gasteiger partial charge on any atom is -0.314 e. The van der Waals surface area contributed by atoms with Gasteiger partial charge in [-0.15, -0.1) is 0 Å². The number of nitrogens with one attached hydrogen (secondary N) is 1. The summed E-state index contributed by atoms with van der Waals surface area (Å²) < 4.78 is 13.7. The van der Waals surface area contributed by atoms with E-state index in [1.807, 2.05) is 0 Å². The highest BCUT2D eigenvalue weighted by atomic mass is 35.5. The quantitative estimate of drug-likeness (QED) is 0.905. The van der Waals surface area contributed by atoms with E-state index in [-0.39, 0.29) is 5.82 Å². The van der Waals surface area contributed by atoms with Gasteiger partial charge in [-0.3, -0.25) is 4.90 Å². The molecule has 1 atom stereocenters. The van der Waals surface area contributed by atoms with E-state index in [1.54, 1.807) is 12.1 Å². The van der Waals surface area contributed by atoms with Crippen molar-refractivity contribution in [2.75, 3.05) is 19.6 Å². The van der Waals surface area contributed by atoms with Crippen molar-refractivity contribution >= 4 is 11.6 Å². The van der Waals surface area contributed by atoms with Crippen LogP contribution in [0.25, 0.3) is 0 Å². The van der Waals surface area contributed by atoms with Gasteiger partial charge in [0.05, 0.1) is 0 Å². The topological polar surface area (TPSA) is 15.3 Å². The lowest BCUT2D eigenvalue weighted by atomic mass is 10.1. The minimum absolute atomic E-state index is 0.159. The maximum absolute atomic E-state index is 13.7. The summed E-state index contributed by atoms with van der Waals surface area (Å²) in [5.41, 5.74) is 0.700. The van der Waals surface area contributed by atoms with Gasteiger partial charge in [-0.2, -0.15) is 0 Å². The molecule has 0 radical (unpaired) electrons. The molecule has 0 aromatic heterocycles. The van der Waals surface area contributed by atoms with Crippen molar-refractivity contribution in [2.24, 2.45) is 0 Å². The predicted octanol–water partition coefficient (Wildman–Crippen LogP) is 3.05. The number of piperazine rings is 1. The Bertz CT molecular complexity index is 395. The van der Waals surface area contributed by atoms with Gasteiger partial charge in [-0.25, -0.2) is 4.39 Å². The van der Waals surface area contributed by atoms with Crippen LogP contribution >= 0.6 is 11.6 Å². The minimum atomic E-state index is -0.159. The second kappa shape index (κ2) is 6.50. The highest BCUT2D eigenvalue weighted by Gasteiger charge is 2.22. The van der Waals surface area contributed by atoms with Crippen molar-refractivity contribution in [3.63, 3.8) is 0 Å². The van der Waals surface area contributed by atoms with Crippen molar-refractivity contribution in [2.45, 2.75) is 32.4 Å². The summed E-state index contributed by atoms with van der Waals surface area (Å²) in [7, 11) is 0. The summed E-state index contributed by atoms with van der Waals surface area (Å²) in [5, 5.41) is 4.01. The fourth-order valence-corrected chi connectivity index (χ4v) is 2.71. The van der Waals surface area contributed by atoms with Crippen LogP contribution in [0.3, 0.4) is 0 Å². The Morgan fingerprint density at radius 1 is 1.50 bits per heavy atom. The molecule has 2 rings (SSSR count). The Kier molecular flexibility index (Phi) is 4.98. The molecule has 1 aromatic carbocycles. The number of nitrogens with zero attached hydrogens (tertiary/aromatic N) is 1. The number of halogens is 2. The van der Waals surface area contributed by atoms with E-state index in [1.165, 1.54) is 6.07 Å². The van der Waals surface area contributed by atoms with Crippen molar-refractivity contribution in [3.8, 4) is 0 Å². The molecule has 0 bridgehead atoms. The summed E-state index contributed by atoms with van der Waals surface area (Å²) in [6.07, 6.45) is 2.30. The van der Waals surface area contributed by atoms with Gasteiger partial charge in [0.2, 0.25) is 0 Å². The van der Waals surface area contributed by atoms with Gasteiger partial charge >= 0.3 is 0 Å². The number of hydrogen-bond acceptors (Lipinski definition) is 2. The van der Waals surface area contributed by atoms with Crippen LogP contribution in [0.4, 0.5) is 4.39 Å². The average Bonchev–Trinajstić information content (AvgIpc) is 2.36. The molecule has 100 valence electrons. The molecule has 18 heavy (non-hydrogen) atoms. The molecule has 1 unspecified atom stereocenters. The summed E-state index contributed by atoms with van der Waals surface area (Å²) in [6.45, 7) is 5.78. The number of benzene rings is 1. The summed E-state index contributed by atoms with van der Waals surface area (Å²) in [5.74, 6) is -0.159. The first-order chi connectivity index (χ1) is 8.70. The highest BCUT2D eigenvalue weighted by Crippen LogP contribution is 2.19. The van der Waals surface area contributed by atoms with Gasteiger partial charge in [0.1, 0.15) is 5.82 Å². The van der Waals surface area contributed by atoms with Gasteiger partial charge in [-0.05, 0) is 24.6 Å². The Hall–Kier alpha value is -0.640. The Morgan fingerprint density at radius 3 is 3.11 bits per heavy atom. The zero-order chi connectivity index (χ0) is 13.0. The van der Waals surface area contributed by atoms with Gasteiger partial charge in [-0.1, -0.05) is 24.9 Å². The fourth-order valence-electron chi connectivity index (χ4n) is 2.51. The summed E-state index contributed by atoms with van der Waals surface area (Å²) in [4.78, 5) is 2.36. The highest BCUT2D eigenvalue weighted by molar-refractivity contribution is 6.30. The van der Waals surface area contributed by atoms with Crippen molar-refractivity contribution in [1.29, 1.82) is 0 Å². The lowest BCUT2D eigenvalue weighted by Gasteiger charge is -2.36.